The van der Waals surface area contributed by atoms with Crippen molar-refractivity contribution in [1.29, 1.82) is 0 Å². The van der Waals surface area contributed by atoms with E-state index in [0.29, 0.717) is 18.4 Å². The number of hydrogen-bond donors (Lipinski definition) is 2. The molecule has 1 fully saturated rings. The fourth-order valence-corrected chi connectivity index (χ4v) is 2.81. The topological polar surface area (TPSA) is 72.9 Å². The number of carbonyl (C=O) groups excluding carboxylic acids is 1. The number of carboxylic acids is 1. The van der Waals surface area contributed by atoms with Crippen LogP contribution >= 0.6 is 0 Å². The van der Waals surface area contributed by atoms with E-state index in [1.807, 2.05) is 19.1 Å². The van der Waals surface area contributed by atoms with Crippen LogP contribution in [-0.2, 0) is 11.3 Å². The van der Waals surface area contributed by atoms with Gasteiger partial charge >= 0.3 is 5.97 Å². The van der Waals surface area contributed by atoms with Crippen molar-refractivity contribution >= 4 is 11.9 Å². The van der Waals surface area contributed by atoms with E-state index in [9.17, 15) is 9.59 Å². The van der Waals surface area contributed by atoms with Gasteiger partial charge in [0.2, 0.25) is 0 Å². The van der Waals surface area contributed by atoms with Gasteiger partial charge in [0, 0.05) is 38.3 Å². The molecule has 0 spiro atoms. The molecule has 24 heavy (non-hydrogen) atoms. The van der Waals surface area contributed by atoms with Gasteiger partial charge in [-0.1, -0.05) is 25.5 Å². The molecule has 6 nitrogen and oxygen atoms in total. The fraction of sp³-hybridized carbons (Fsp3) is 0.556. The van der Waals surface area contributed by atoms with Crippen molar-refractivity contribution in [1.82, 2.24) is 15.1 Å². The van der Waals surface area contributed by atoms with E-state index in [4.69, 9.17) is 5.11 Å². The Morgan fingerprint density at radius 3 is 2.33 bits per heavy atom. The molecule has 1 aromatic rings. The summed E-state index contributed by atoms with van der Waals surface area (Å²) in [6.07, 6.45) is 1.14. The Morgan fingerprint density at radius 1 is 1.17 bits per heavy atom. The molecule has 1 aliphatic heterocycles. The van der Waals surface area contributed by atoms with E-state index in [0.717, 1.165) is 32.7 Å². The van der Waals surface area contributed by atoms with E-state index in [1.54, 1.807) is 12.1 Å². The van der Waals surface area contributed by atoms with Gasteiger partial charge in [0.15, 0.2) is 0 Å². The third kappa shape index (κ3) is 5.32. The van der Waals surface area contributed by atoms with E-state index >= 15 is 0 Å². The molecule has 0 radical (unpaired) electrons. The summed E-state index contributed by atoms with van der Waals surface area (Å²) in [5.41, 5.74) is 1.67. The molecule has 1 atom stereocenters. The Morgan fingerprint density at radius 2 is 1.79 bits per heavy atom. The number of likely N-dealkylation sites (N-methyl/N-ethyl adjacent to an activating group) is 1. The van der Waals surface area contributed by atoms with Gasteiger partial charge in [-0.2, -0.15) is 0 Å². The van der Waals surface area contributed by atoms with Crippen LogP contribution in [0.2, 0.25) is 0 Å². The third-order valence-corrected chi connectivity index (χ3v) is 4.40. The van der Waals surface area contributed by atoms with Gasteiger partial charge in [-0.15, -0.1) is 0 Å². The van der Waals surface area contributed by atoms with Crippen LogP contribution in [0, 0.1) is 0 Å². The number of carboxylic acid groups (broad SMARTS) is 1. The molecule has 0 bridgehead atoms. The Labute approximate surface area is 143 Å². The van der Waals surface area contributed by atoms with E-state index in [1.165, 1.54) is 5.56 Å². The predicted molar refractivity (Wildman–Crippen MR) is 93.0 cm³/mol. The maximum atomic E-state index is 12.2. The summed E-state index contributed by atoms with van der Waals surface area (Å²) in [5, 5.41) is 11.7. The quantitative estimate of drug-likeness (QED) is 0.789. The summed E-state index contributed by atoms with van der Waals surface area (Å²) >= 11 is 0. The second-order valence-corrected chi connectivity index (χ2v) is 6.43. The first-order valence-corrected chi connectivity index (χ1v) is 8.53. The van der Waals surface area contributed by atoms with Gasteiger partial charge in [0.1, 0.15) is 6.04 Å². The normalized spacial score (nSPS) is 17.4. The molecular weight excluding hydrogens is 306 g/mol. The summed E-state index contributed by atoms with van der Waals surface area (Å²) in [6, 6.07) is 6.61. The molecule has 132 valence electrons. The molecule has 0 aliphatic carbocycles. The van der Waals surface area contributed by atoms with Crippen LogP contribution in [0.15, 0.2) is 24.3 Å². The lowest BCUT2D eigenvalue weighted by Gasteiger charge is -2.32. The number of aliphatic carboxylic acids is 1. The van der Waals surface area contributed by atoms with Gasteiger partial charge in [-0.3, -0.25) is 9.69 Å². The Hall–Kier alpha value is -1.92. The standard InChI is InChI=1S/C18H27N3O3/c1-3-4-16(18(23)24)19-17(22)15-7-5-14(6-8-15)13-21-11-9-20(2)10-12-21/h5-8,16H,3-4,9-13H2,1-2H3,(H,19,22)(H,23,24). The Kier molecular flexibility index (Phi) is 6.75. The van der Waals surface area contributed by atoms with Crippen LogP contribution in [0.4, 0.5) is 0 Å². The Bertz CT molecular complexity index is 551. The molecule has 0 saturated carbocycles. The summed E-state index contributed by atoms with van der Waals surface area (Å²) in [4.78, 5) is 28.0. The molecular formula is C18H27N3O3. The number of rotatable bonds is 7. The van der Waals surface area contributed by atoms with Crippen LogP contribution in [0.5, 0.6) is 0 Å². The number of nitrogens with zero attached hydrogens (tertiary/aromatic N) is 2. The molecule has 1 heterocycles. The molecule has 1 unspecified atom stereocenters. The maximum Gasteiger partial charge on any atom is 0.326 e. The van der Waals surface area contributed by atoms with Gasteiger partial charge in [-0.05, 0) is 31.2 Å². The van der Waals surface area contributed by atoms with Crippen molar-refractivity contribution in [2.45, 2.75) is 32.4 Å². The van der Waals surface area contributed by atoms with E-state index in [2.05, 4.69) is 22.2 Å². The zero-order valence-electron chi connectivity index (χ0n) is 14.5. The average molecular weight is 333 g/mol. The average Bonchev–Trinajstić information content (AvgIpc) is 2.57. The summed E-state index contributed by atoms with van der Waals surface area (Å²) < 4.78 is 0. The minimum absolute atomic E-state index is 0.331. The second kappa shape index (κ2) is 8.80. The third-order valence-electron chi connectivity index (χ3n) is 4.40. The second-order valence-electron chi connectivity index (χ2n) is 6.43. The summed E-state index contributed by atoms with van der Waals surface area (Å²) in [5.74, 6) is -1.32. The first-order chi connectivity index (χ1) is 11.5. The lowest BCUT2D eigenvalue weighted by molar-refractivity contribution is -0.139. The largest absolute Gasteiger partial charge is 0.480 e. The smallest absolute Gasteiger partial charge is 0.326 e. The van der Waals surface area contributed by atoms with Crippen molar-refractivity contribution in [2.75, 3.05) is 33.2 Å². The molecule has 6 heteroatoms. The van der Waals surface area contributed by atoms with Crippen LogP contribution in [0.25, 0.3) is 0 Å². The zero-order chi connectivity index (χ0) is 17.5. The minimum Gasteiger partial charge on any atom is -0.480 e. The van der Waals surface area contributed by atoms with Crippen molar-refractivity contribution in [2.24, 2.45) is 0 Å². The van der Waals surface area contributed by atoms with Crippen molar-refractivity contribution < 1.29 is 14.7 Å². The number of carbonyl (C=O) groups is 2. The van der Waals surface area contributed by atoms with Crippen molar-refractivity contribution in [3.05, 3.63) is 35.4 Å². The van der Waals surface area contributed by atoms with Gasteiger partial charge < -0.3 is 15.3 Å². The first kappa shape index (κ1) is 18.4. The predicted octanol–water partition coefficient (Wildman–Crippen LogP) is 1.42. The number of benzene rings is 1. The Balaban J connectivity index is 1.91. The molecule has 2 rings (SSSR count). The highest BCUT2D eigenvalue weighted by Gasteiger charge is 2.19. The van der Waals surface area contributed by atoms with Crippen LogP contribution < -0.4 is 5.32 Å². The van der Waals surface area contributed by atoms with Crippen LogP contribution in [0.3, 0.4) is 0 Å². The molecule has 1 aromatic carbocycles. The summed E-state index contributed by atoms with van der Waals surface area (Å²) in [7, 11) is 2.13. The number of amides is 1. The monoisotopic (exact) mass is 333 g/mol. The summed E-state index contributed by atoms with van der Waals surface area (Å²) in [6.45, 7) is 7.04. The molecule has 0 aromatic heterocycles. The zero-order valence-corrected chi connectivity index (χ0v) is 14.5. The first-order valence-electron chi connectivity index (χ1n) is 8.53. The van der Waals surface area contributed by atoms with E-state index in [-0.39, 0.29) is 5.91 Å². The highest BCUT2D eigenvalue weighted by atomic mass is 16.4. The van der Waals surface area contributed by atoms with E-state index < -0.39 is 12.0 Å². The van der Waals surface area contributed by atoms with Crippen molar-refractivity contribution in [3.63, 3.8) is 0 Å². The number of nitrogens with one attached hydrogen (secondary N) is 1. The minimum atomic E-state index is -0.989. The van der Waals surface area contributed by atoms with Gasteiger partial charge in [0.05, 0.1) is 0 Å². The molecule has 1 aliphatic rings. The number of hydrogen-bond acceptors (Lipinski definition) is 4. The van der Waals surface area contributed by atoms with Crippen LogP contribution in [0.1, 0.15) is 35.7 Å². The number of piperazine rings is 1. The van der Waals surface area contributed by atoms with Crippen molar-refractivity contribution in [3.8, 4) is 0 Å². The molecule has 1 saturated heterocycles. The maximum absolute atomic E-state index is 12.2. The molecule has 1 amide bonds. The van der Waals surface area contributed by atoms with Crippen LogP contribution in [-0.4, -0.2) is 66.1 Å². The lowest BCUT2D eigenvalue weighted by atomic mass is 10.1. The lowest BCUT2D eigenvalue weighted by Crippen LogP contribution is -2.43. The molecule has 2 N–H and O–H groups in total. The fourth-order valence-electron chi connectivity index (χ4n) is 2.81. The highest BCUT2D eigenvalue weighted by Crippen LogP contribution is 2.10. The van der Waals surface area contributed by atoms with Gasteiger partial charge in [0.25, 0.3) is 5.91 Å². The highest BCUT2D eigenvalue weighted by molar-refractivity contribution is 5.96. The SMILES string of the molecule is CCCC(NC(=O)c1ccc(CN2CCN(C)CC2)cc1)C(=O)O. The van der Waals surface area contributed by atoms with Gasteiger partial charge in [-0.25, -0.2) is 4.79 Å².